The van der Waals surface area contributed by atoms with Gasteiger partial charge in [-0.25, -0.2) is 0 Å². The zero-order chi connectivity index (χ0) is 14.4. The first-order valence-electron chi connectivity index (χ1n) is 6.92. The van der Waals surface area contributed by atoms with Crippen LogP contribution in [0.25, 0.3) is 0 Å². The summed E-state index contributed by atoms with van der Waals surface area (Å²) in [4.78, 5) is 11.7. The van der Waals surface area contributed by atoms with E-state index in [-0.39, 0.29) is 24.0 Å². The van der Waals surface area contributed by atoms with Crippen LogP contribution >= 0.6 is 0 Å². The number of benzene rings is 1. The molecule has 0 spiro atoms. The van der Waals surface area contributed by atoms with E-state index in [1.165, 1.54) is 18.2 Å². The molecule has 1 aromatic rings. The summed E-state index contributed by atoms with van der Waals surface area (Å²) in [5, 5.41) is 3.35. The molecule has 3 nitrogen and oxygen atoms in total. The largest absolute Gasteiger partial charge is 0.468 e. The molecule has 0 bridgehead atoms. The van der Waals surface area contributed by atoms with Crippen molar-refractivity contribution < 1.29 is 9.53 Å². The van der Waals surface area contributed by atoms with E-state index < -0.39 is 0 Å². The van der Waals surface area contributed by atoms with Gasteiger partial charge in [0, 0.05) is 6.04 Å². The molecule has 0 aromatic heterocycles. The van der Waals surface area contributed by atoms with E-state index in [0.29, 0.717) is 0 Å². The molecule has 1 unspecified atom stereocenters. The molecule has 0 saturated carbocycles. The number of rotatable bonds is 6. The first kappa shape index (κ1) is 15.7. The minimum Gasteiger partial charge on any atom is -0.468 e. The average Bonchev–Trinajstić information content (AvgIpc) is 2.43. The number of hydrogen-bond donors (Lipinski definition) is 1. The molecular formula is C16H25NO2. The Morgan fingerprint density at radius 2 is 1.79 bits per heavy atom. The van der Waals surface area contributed by atoms with E-state index in [9.17, 15) is 4.79 Å². The Morgan fingerprint density at radius 3 is 2.21 bits per heavy atom. The van der Waals surface area contributed by atoms with Crippen molar-refractivity contribution in [1.82, 2.24) is 5.32 Å². The maximum absolute atomic E-state index is 11.7. The van der Waals surface area contributed by atoms with Crippen LogP contribution < -0.4 is 5.32 Å². The van der Waals surface area contributed by atoms with Gasteiger partial charge in [-0.2, -0.15) is 0 Å². The number of methoxy groups -OCH3 is 1. The summed E-state index contributed by atoms with van der Waals surface area (Å²) in [5.74, 6) is -0.00292. The summed E-state index contributed by atoms with van der Waals surface area (Å²) < 4.78 is 4.85. The van der Waals surface area contributed by atoms with Gasteiger partial charge in [0.1, 0.15) is 6.04 Å². The first-order valence-corrected chi connectivity index (χ1v) is 6.92. The third kappa shape index (κ3) is 4.35. The standard InChI is InChI=1S/C16H25NO2/c1-6-13-7-9-14(10-8-13)12(4)17-15(11(2)3)16(18)19-5/h7-12,15,17H,6H2,1-5H3/t12?,15-/m0/s1. The van der Waals surface area contributed by atoms with E-state index in [4.69, 9.17) is 4.74 Å². The van der Waals surface area contributed by atoms with Crippen molar-refractivity contribution >= 4 is 5.97 Å². The van der Waals surface area contributed by atoms with Crippen LogP contribution in [0.15, 0.2) is 24.3 Å². The Labute approximate surface area is 116 Å². The minimum atomic E-state index is -0.272. The summed E-state index contributed by atoms with van der Waals surface area (Å²) in [6.45, 7) is 8.24. The number of ether oxygens (including phenoxy) is 1. The third-order valence-electron chi connectivity index (χ3n) is 3.44. The molecule has 3 heteroatoms. The molecule has 0 aliphatic rings. The zero-order valence-corrected chi connectivity index (χ0v) is 12.6. The van der Waals surface area contributed by atoms with Crippen LogP contribution in [0.4, 0.5) is 0 Å². The molecule has 0 heterocycles. The summed E-state index contributed by atoms with van der Waals surface area (Å²) in [5.41, 5.74) is 2.51. The molecule has 0 aliphatic heterocycles. The average molecular weight is 263 g/mol. The van der Waals surface area contributed by atoms with E-state index in [2.05, 4.69) is 43.4 Å². The highest BCUT2D eigenvalue weighted by Gasteiger charge is 2.24. The second-order valence-corrected chi connectivity index (χ2v) is 5.23. The summed E-state index contributed by atoms with van der Waals surface area (Å²) >= 11 is 0. The lowest BCUT2D eigenvalue weighted by Gasteiger charge is -2.24. The number of aryl methyl sites for hydroxylation is 1. The molecule has 2 atom stereocenters. The summed E-state index contributed by atoms with van der Waals surface area (Å²) in [6.07, 6.45) is 1.04. The fraction of sp³-hybridized carbons (Fsp3) is 0.562. The highest BCUT2D eigenvalue weighted by atomic mass is 16.5. The van der Waals surface area contributed by atoms with Gasteiger partial charge in [0.2, 0.25) is 0 Å². The molecule has 0 amide bonds. The molecule has 1 N–H and O–H groups in total. The van der Waals surface area contributed by atoms with Gasteiger partial charge >= 0.3 is 5.97 Å². The van der Waals surface area contributed by atoms with Crippen molar-refractivity contribution in [3.63, 3.8) is 0 Å². The van der Waals surface area contributed by atoms with Gasteiger partial charge < -0.3 is 4.74 Å². The number of hydrogen-bond acceptors (Lipinski definition) is 3. The topological polar surface area (TPSA) is 38.3 Å². The van der Waals surface area contributed by atoms with Crippen LogP contribution in [-0.2, 0) is 16.0 Å². The summed E-state index contributed by atoms with van der Waals surface area (Å²) in [7, 11) is 1.43. The van der Waals surface area contributed by atoms with Crippen molar-refractivity contribution in [1.29, 1.82) is 0 Å². The Balaban J connectivity index is 2.75. The van der Waals surface area contributed by atoms with Gasteiger partial charge in [-0.15, -0.1) is 0 Å². The number of nitrogens with one attached hydrogen (secondary N) is 1. The SMILES string of the molecule is CCc1ccc(C(C)N[C@H](C(=O)OC)C(C)C)cc1. The predicted octanol–water partition coefficient (Wildman–Crippen LogP) is 3.10. The molecule has 0 saturated heterocycles. The van der Waals surface area contributed by atoms with Crippen molar-refractivity contribution in [2.24, 2.45) is 5.92 Å². The van der Waals surface area contributed by atoms with E-state index in [1.807, 2.05) is 13.8 Å². The molecular weight excluding hydrogens is 238 g/mol. The molecule has 1 rings (SSSR count). The lowest BCUT2D eigenvalue weighted by molar-refractivity contribution is -0.144. The van der Waals surface area contributed by atoms with Gasteiger partial charge in [-0.05, 0) is 30.4 Å². The number of carbonyl (C=O) groups is 1. The summed E-state index contributed by atoms with van der Waals surface area (Å²) in [6, 6.07) is 8.35. The van der Waals surface area contributed by atoms with Gasteiger partial charge in [0.15, 0.2) is 0 Å². The molecule has 106 valence electrons. The molecule has 0 fully saturated rings. The fourth-order valence-corrected chi connectivity index (χ4v) is 2.07. The molecule has 1 aromatic carbocycles. The molecule has 0 aliphatic carbocycles. The van der Waals surface area contributed by atoms with Crippen molar-refractivity contribution in [3.05, 3.63) is 35.4 Å². The zero-order valence-electron chi connectivity index (χ0n) is 12.6. The maximum atomic E-state index is 11.7. The first-order chi connectivity index (χ1) is 8.99. The van der Waals surface area contributed by atoms with Crippen LogP contribution in [0.2, 0.25) is 0 Å². The second kappa shape index (κ2) is 7.29. The predicted molar refractivity (Wildman–Crippen MR) is 78.0 cm³/mol. The number of esters is 1. The maximum Gasteiger partial charge on any atom is 0.323 e. The fourth-order valence-electron chi connectivity index (χ4n) is 2.07. The Bertz CT molecular complexity index is 398. The lowest BCUT2D eigenvalue weighted by Crippen LogP contribution is -2.42. The van der Waals surface area contributed by atoms with Gasteiger partial charge in [0.05, 0.1) is 7.11 Å². The van der Waals surface area contributed by atoms with Crippen LogP contribution in [0.1, 0.15) is 44.9 Å². The molecule has 19 heavy (non-hydrogen) atoms. The smallest absolute Gasteiger partial charge is 0.323 e. The quantitative estimate of drug-likeness (QED) is 0.801. The molecule has 0 radical (unpaired) electrons. The van der Waals surface area contributed by atoms with Crippen LogP contribution in [0.3, 0.4) is 0 Å². The number of carbonyl (C=O) groups excluding carboxylic acids is 1. The van der Waals surface area contributed by atoms with E-state index in [1.54, 1.807) is 0 Å². The van der Waals surface area contributed by atoms with Crippen LogP contribution in [0.5, 0.6) is 0 Å². The van der Waals surface area contributed by atoms with Crippen LogP contribution in [0, 0.1) is 5.92 Å². The lowest BCUT2D eigenvalue weighted by atomic mass is 10.00. The normalized spacial score (nSPS) is 14.2. The van der Waals surface area contributed by atoms with Crippen molar-refractivity contribution in [2.45, 2.75) is 46.2 Å². The van der Waals surface area contributed by atoms with Crippen LogP contribution in [-0.4, -0.2) is 19.1 Å². The Morgan fingerprint density at radius 1 is 1.21 bits per heavy atom. The second-order valence-electron chi connectivity index (χ2n) is 5.23. The van der Waals surface area contributed by atoms with E-state index >= 15 is 0 Å². The van der Waals surface area contributed by atoms with E-state index in [0.717, 1.165) is 6.42 Å². The Hall–Kier alpha value is -1.35. The third-order valence-corrected chi connectivity index (χ3v) is 3.44. The highest BCUT2D eigenvalue weighted by molar-refractivity contribution is 5.76. The van der Waals surface area contributed by atoms with Gasteiger partial charge in [-0.1, -0.05) is 45.0 Å². The highest BCUT2D eigenvalue weighted by Crippen LogP contribution is 2.16. The Kier molecular flexibility index (Phi) is 6.03. The monoisotopic (exact) mass is 263 g/mol. The van der Waals surface area contributed by atoms with Crippen molar-refractivity contribution in [2.75, 3.05) is 7.11 Å². The minimum absolute atomic E-state index is 0.123. The van der Waals surface area contributed by atoms with Gasteiger partial charge in [-0.3, -0.25) is 10.1 Å². The van der Waals surface area contributed by atoms with Crippen molar-refractivity contribution in [3.8, 4) is 0 Å². The van der Waals surface area contributed by atoms with Gasteiger partial charge in [0.25, 0.3) is 0 Å².